The smallest absolute Gasteiger partial charge is 0.395 e. The molecule has 0 unspecified atom stereocenters. The Labute approximate surface area is 221 Å². The summed E-state index contributed by atoms with van der Waals surface area (Å²) in [6.45, 7) is 4.67. The number of ether oxygens (including phenoxy) is 2. The lowest BCUT2D eigenvalue weighted by atomic mass is 9.84. The largest absolute Gasteiger partial charge is 0.586 e. The van der Waals surface area contributed by atoms with E-state index in [4.69, 9.17) is 0 Å². The summed E-state index contributed by atoms with van der Waals surface area (Å²) in [6, 6.07) is 2.14. The summed E-state index contributed by atoms with van der Waals surface area (Å²) >= 11 is 0. The monoisotopic (exact) mass is 561 g/mol. The fraction of sp³-hybridized carbons (Fsp3) is 0.556. The number of benzene rings is 2. The molecule has 39 heavy (non-hydrogen) atoms. The van der Waals surface area contributed by atoms with Gasteiger partial charge in [-0.2, -0.15) is 13.2 Å². The van der Waals surface area contributed by atoms with Crippen LogP contribution in [0, 0.1) is 11.6 Å². The summed E-state index contributed by atoms with van der Waals surface area (Å²) in [6.07, 6.45) is -5.69. The van der Waals surface area contributed by atoms with Gasteiger partial charge in [0.1, 0.15) is 11.6 Å². The molecule has 3 heterocycles. The van der Waals surface area contributed by atoms with E-state index in [2.05, 4.69) is 26.6 Å². The van der Waals surface area contributed by atoms with Crippen molar-refractivity contribution in [3.05, 3.63) is 52.6 Å². The molecule has 12 heteroatoms. The third-order valence-electron chi connectivity index (χ3n) is 7.56. The van der Waals surface area contributed by atoms with E-state index in [1.807, 2.05) is 0 Å². The molecule has 3 aliphatic heterocycles. The molecular weight excluding hydrogens is 531 g/mol. The Morgan fingerprint density at radius 3 is 2.36 bits per heavy atom. The molecule has 0 aromatic heterocycles. The first kappa shape index (κ1) is 27.8. The molecule has 1 saturated heterocycles. The fourth-order valence-electron chi connectivity index (χ4n) is 5.83. The van der Waals surface area contributed by atoms with Crippen molar-refractivity contribution < 1.29 is 40.2 Å². The highest BCUT2D eigenvalue weighted by atomic mass is 19.4. The highest BCUT2D eigenvalue weighted by Crippen LogP contribution is 2.49. The SMILES string of the molecule is CCCCN1CC[C@H](Nc2cc(F)c([C@@H]3c4cc5c(cc4C[C@@H](C)N3CC(F)(F)F)OC(F)(F)O5)c(F)c2)C1. The molecule has 0 radical (unpaired) electrons. The minimum Gasteiger partial charge on any atom is -0.395 e. The Morgan fingerprint density at radius 2 is 1.72 bits per heavy atom. The van der Waals surface area contributed by atoms with Crippen molar-refractivity contribution in [1.82, 2.24) is 9.80 Å². The Balaban J connectivity index is 1.50. The Hall–Kier alpha value is -2.73. The van der Waals surface area contributed by atoms with E-state index >= 15 is 8.78 Å². The molecule has 2 aromatic rings. The van der Waals surface area contributed by atoms with Crippen LogP contribution in [0.3, 0.4) is 0 Å². The molecule has 2 aromatic carbocycles. The van der Waals surface area contributed by atoms with E-state index < -0.39 is 54.0 Å². The van der Waals surface area contributed by atoms with E-state index in [0.29, 0.717) is 5.56 Å². The van der Waals surface area contributed by atoms with Crippen molar-refractivity contribution in [3.8, 4) is 11.5 Å². The maximum Gasteiger partial charge on any atom is 0.586 e. The highest BCUT2D eigenvalue weighted by molar-refractivity contribution is 5.55. The van der Waals surface area contributed by atoms with Gasteiger partial charge in [-0.15, -0.1) is 8.78 Å². The number of hydrogen-bond acceptors (Lipinski definition) is 5. The third kappa shape index (κ3) is 5.91. The Kier molecular flexibility index (Phi) is 7.38. The summed E-state index contributed by atoms with van der Waals surface area (Å²) in [4.78, 5) is 3.21. The first-order valence-corrected chi connectivity index (χ1v) is 13.1. The first-order chi connectivity index (χ1) is 18.3. The van der Waals surface area contributed by atoms with Gasteiger partial charge >= 0.3 is 12.5 Å². The van der Waals surface area contributed by atoms with Crippen LogP contribution in [0.1, 0.15) is 55.8 Å². The number of fused-ring (bicyclic) bond motifs is 2. The second kappa shape index (κ2) is 10.3. The van der Waals surface area contributed by atoms with Crippen LogP contribution in [0.2, 0.25) is 0 Å². The zero-order valence-corrected chi connectivity index (χ0v) is 21.6. The van der Waals surface area contributed by atoms with Crippen molar-refractivity contribution in [2.24, 2.45) is 0 Å². The van der Waals surface area contributed by atoms with Gasteiger partial charge in [-0.1, -0.05) is 13.3 Å². The number of rotatable bonds is 7. The van der Waals surface area contributed by atoms with Gasteiger partial charge in [0.15, 0.2) is 11.5 Å². The minimum atomic E-state index is -4.67. The molecule has 5 nitrogen and oxygen atoms in total. The molecule has 3 atom stereocenters. The molecule has 1 fully saturated rings. The number of likely N-dealkylation sites (tertiary alicyclic amines) is 1. The van der Waals surface area contributed by atoms with E-state index in [9.17, 15) is 22.0 Å². The second-order valence-electron chi connectivity index (χ2n) is 10.5. The molecule has 0 aliphatic carbocycles. The normalized spacial score (nSPS) is 24.7. The number of unbranched alkanes of at least 4 members (excludes halogenated alkanes) is 1. The number of alkyl halides is 5. The molecule has 0 amide bonds. The van der Waals surface area contributed by atoms with E-state index in [0.717, 1.165) is 62.0 Å². The number of halogens is 7. The highest BCUT2D eigenvalue weighted by Gasteiger charge is 2.47. The van der Waals surface area contributed by atoms with E-state index in [1.54, 1.807) is 0 Å². The topological polar surface area (TPSA) is 37.0 Å². The third-order valence-corrected chi connectivity index (χ3v) is 7.56. The second-order valence-corrected chi connectivity index (χ2v) is 10.5. The molecule has 0 bridgehead atoms. The van der Waals surface area contributed by atoms with Gasteiger partial charge in [-0.05, 0) is 68.1 Å². The molecule has 0 spiro atoms. The van der Waals surface area contributed by atoms with Crippen molar-refractivity contribution in [2.75, 3.05) is 31.5 Å². The predicted octanol–water partition coefficient (Wildman–Crippen LogP) is 6.47. The van der Waals surface area contributed by atoms with E-state index in [-0.39, 0.29) is 29.5 Å². The Bertz CT molecular complexity index is 1200. The van der Waals surface area contributed by atoms with Crippen LogP contribution in [0.4, 0.5) is 36.4 Å². The fourth-order valence-corrected chi connectivity index (χ4v) is 5.83. The number of nitrogens with one attached hydrogen (secondary N) is 1. The van der Waals surface area contributed by atoms with Crippen LogP contribution < -0.4 is 14.8 Å². The molecule has 214 valence electrons. The lowest BCUT2D eigenvalue weighted by Gasteiger charge is -2.42. The standard InChI is InChI=1S/C27H30F7N3O2/c1-3-4-6-36-7-5-17(13-36)35-18-10-20(28)24(21(29)11-18)25-19-12-23-22(38-27(33,34)39-23)9-16(19)8-15(2)37(25)14-26(30,31)32/h9-12,15,17,25,35H,3-8,13-14H2,1-2H3/t15-,17+,25+/m1/s1. The molecule has 3 aliphatic rings. The van der Waals surface area contributed by atoms with Crippen molar-refractivity contribution in [2.45, 2.75) is 70.1 Å². The molecule has 1 N–H and O–H groups in total. The predicted molar refractivity (Wildman–Crippen MR) is 130 cm³/mol. The number of hydrogen-bond donors (Lipinski definition) is 1. The summed E-state index contributed by atoms with van der Waals surface area (Å²) in [5, 5.41) is 3.14. The summed E-state index contributed by atoms with van der Waals surface area (Å²) < 4.78 is 109. The van der Waals surface area contributed by atoms with Gasteiger partial charge in [-0.25, -0.2) is 8.78 Å². The molecular formula is C27H30F7N3O2. The van der Waals surface area contributed by atoms with Crippen LogP contribution in [-0.2, 0) is 6.42 Å². The summed E-state index contributed by atoms with van der Waals surface area (Å²) in [5.41, 5.74) is 0.00969. The zero-order chi connectivity index (χ0) is 28.1. The van der Waals surface area contributed by atoms with Gasteiger partial charge in [0.05, 0.1) is 12.6 Å². The van der Waals surface area contributed by atoms with Gasteiger partial charge < -0.3 is 19.7 Å². The summed E-state index contributed by atoms with van der Waals surface area (Å²) in [5.74, 6) is -2.74. The van der Waals surface area contributed by atoms with Gasteiger partial charge in [0.25, 0.3) is 0 Å². The maximum atomic E-state index is 15.7. The van der Waals surface area contributed by atoms with Crippen LogP contribution in [0.15, 0.2) is 24.3 Å². The average molecular weight is 562 g/mol. The Morgan fingerprint density at radius 1 is 1.05 bits per heavy atom. The summed E-state index contributed by atoms with van der Waals surface area (Å²) in [7, 11) is 0. The number of anilines is 1. The molecule has 0 saturated carbocycles. The quantitative estimate of drug-likeness (QED) is 0.392. The van der Waals surface area contributed by atoms with Gasteiger partial charge in [0, 0.05) is 36.4 Å². The zero-order valence-electron chi connectivity index (χ0n) is 21.6. The van der Waals surface area contributed by atoms with E-state index in [1.165, 1.54) is 13.0 Å². The van der Waals surface area contributed by atoms with Crippen LogP contribution in [-0.4, -0.2) is 60.5 Å². The average Bonchev–Trinajstić information content (AvgIpc) is 3.38. The van der Waals surface area contributed by atoms with Gasteiger partial charge in [0.2, 0.25) is 0 Å². The number of nitrogens with zero attached hydrogens (tertiary/aromatic N) is 2. The van der Waals surface area contributed by atoms with Crippen LogP contribution in [0.5, 0.6) is 11.5 Å². The maximum absolute atomic E-state index is 15.7. The van der Waals surface area contributed by atoms with Gasteiger partial charge in [-0.3, -0.25) is 4.90 Å². The van der Waals surface area contributed by atoms with Crippen LogP contribution in [0.25, 0.3) is 0 Å². The molecule has 5 rings (SSSR count). The lowest BCUT2D eigenvalue weighted by molar-refractivity contribution is -0.286. The van der Waals surface area contributed by atoms with Crippen molar-refractivity contribution >= 4 is 5.69 Å². The van der Waals surface area contributed by atoms with Crippen molar-refractivity contribution in [1.29, 1.82) is 0 Å². The lowest BCUT2D eigenvalue weighted by Crippen LogP contribution is -2.47. The minimum absolute atomic E-state index is 0.0231. The van der Waals surface area contributed by atoms with Crippen LogP contribution >= 0.6 is 0 Å². The first-order valence-electron chi connectivity index (χ1n) is 13.1. The van der Waals surface area contributed by atoms with Crippen molar-refractivity contribution in [3.63, 3.8) is 0 Å².